The van der Waals surface area contributed by atoms with Gasteiger partial charge >= 0.3 is 12.1 Å². The van der Waals surface area contributed by atoms with Crippen molar-refractivity contribution in [1.29, 1.82) is 0 Å². The van der Waals surface area contributed by atoms with Gasteiger partial charge < -0.3 is 37.5 Å². The number of aliphatic carboxylic acids is 1. The van der Waals surface area contributed by atoms with E-state index in [0.29, 0.717) is 5.75 Å². The average molecular weight is 656 g/mol. The first-order valence-electron chi connectivity index (χ1n) is 13.5. The highest BCUT2D eigenvalue weighted by atomic mass is 79.9. The summed E-state index contributed by atoms with van der Waals surface area (Å²) >= 11 is 0. The van der Waals surface area contributed by atoms with Gasteiger partial charge in [-0.15, -0.1) is 0 Å². The number of hydrogen-bond donors (Lipinski definition) is 3. The number of carbonyl (C=O) groups excluding carboxylic acids is 3. The molecule has 0 fully saturated rings. The Kier molecular flexibility index (Phi) is 12.2. The molecule has 3 aromatic rings. The molecular formula is C32H35BrN2O6S. The molecule has 42 heavy (non-hydrogen) atoms. The molecule has 10 heteroatoms. The van der Waals surface area contributed by atoms with Crippen molar-refractivity contribution in [2.45, 2.75) is 37.3 Å². The van der Waals surface area contributed by atoms with Crippen molar-refractivity contribution in [2.75, 3.05) is 24.9 Å². The van der Waals surface area contributed by atoms with Gasteiger partial charge in [-0.1, -0.05) is 78.9 Å². The lowest BCUT2D eigenvalue weighted by molar-refractivity contribution is -0.142. The Morgan fingerprint density at radius 1 is 0.833 bits per heavy atom. The zero-order valence-electron chi connectivity index (χ0n) is 23.5. The molecule has 2 amide bonds. The van der Waals surface area contributed by atoms with Crippen LogP contribution in [0.5, 0.6) is 0 Å². The molecule has 0 aromatic heterocycles. The second kappa shape index (κ2) is 15.6. The largest absolute Gasteiger partial charge is 1.00 e. The van der Waals surface area contributed by atoms with E-state index in [2.05, 4.69) is 10.6 Å². The first kappa shape index (κ1) is 32.9. The highest BCUT2D eigenvalue weighted by molar-refractivity contribution is 7.96. The van der Waals surface area contributed by atoms with E-state index in [1.807, 2.05) is 91.4 Å². The number of nitrogens with one attached hydrogen (secondary N) is 2. The van der Waals surface area contributed by atoms with Crippen LogP contribution >= 0.6 is 0 Å². The smallest absolute Gasteiger partial charge is 0.407 e. The number of Topliss-reactive ketones (excluding diaryl/α,β-unsaturated/α-hetero) is 1. The van der Waals surface area contributed by atoms with Crippen LogP contribution in [0.2, 0.25) is 0 Å². The van der Waals surface area contributed by atoms with Crippen LogP contribution in [0, 0.1) is 0 Å². The molecule has 1 aliphatic rings. The minimum atomic E-state index is -1.26. The molecule has 0 bridgehead atoms. The van der Waals surface area contributed by atoms with Crippen molar-refractivity contribution in [2.24, 2.45) is 0 Å². The van der Waals surface area contributed by atoms with Crippen molar-refractivity contribution < 1.29 is 46.0 Å². The number of hydrogen-bond acceptors (Lipinski definition) is 5. The third kappa shape index (κ3) is 8.69. The van der Waals surface area contributed by atoms with Crippen LogP contribution in [0.25, 0.3) is 11.1 Å². The zero-order valence-corrected chi connectivity index (χ0v) is 26.0. The summed E-state index contributed by atoms with van der Waals surface area (Å²) in [6.07, 6.45) is 3.26. The number of benzene rings is 3. The van der Waals surface area contributed by atoms with E-state index in [1.54, 1.807) is 0 Å². The monoisotopic (exact) mass is 654 g/mol. The standard InChI is InChI=1S/C32H34N2O6S.BrH/c1-41(2)20-22(35)16-17-28(31(37)38)33-30(36)29(18-21-10-4-3-5-11-21)34-32(39)40-19-27-25-14-8-6-12-23(25)24-13-7-9-15-26(24)27;/h3-15,27-29H,16-20H2,1-2H3,(H2-,33,34,36,37,38,39);1H/t28-,29-;/m0./s1. The topological polar surface area (TPSA) is 122 Å². The Morgan fingerprint density at radius 3 is 1.98 bits per heavy atom. The third-order valence-electron chi connectivity index (χ3n) is 7.01. The predicted octanol–water partition coefficient (Wildman–Crippen LogP) is 0.937. The van der Waals surface area contributed by atoms with Gasteiger partial charge in [0.2, 0.25) is 5.91 Å². The van der Waals surface area contributed by atoms with E-state index in [-0.39, 0.29) is 65.4 Å². The van der Waals surface area contributed by atoms with E-state index >= 15 is 0 Å². The highest BCUT2D eigenvalue weighted by Crippen LogP contribution is 2.44. The number of fused-ring (bicyclic) bond motifs is 3. The molecule has 3 N–H and O–H groups in total. The SMILES string of the molecule is C[S+](C)CC(=O)CC[C@H](NC(=O)[C@H](Cc1ccccc1)NC(=O)OCC1c2ccccc2-c2ccccc21)C(=O)O.[Br-]. The second-order valence-electron chi connectivity index (χ2n) is 10.3. The number of alkyl carbamates (subject to hydrolysis) is 1. The Hall–Kier alpha value is -3.63. The lowest BCUT2D eigenvalue weighted by Crippen LogP contribution is -3.00. The van der Waals surface area contributed by atoms with Gasteiger partial charge in [0.25, 0.3) is 0 Å². The molecule has 0 aliphatic heterocycles. The Labute approximate surface area is 259 Å². The maximum atomic E-state index is 13.3. The van der Waals surface area contributed by atoms with Crippen LogP contribution in [0.1, 0.15) is 35.4 Å². The number of halogens is 1. The van der Waals surface area contributed by atoms with Crippen molar-refractivity contribution in [3.05, 3.63) is 95.6 Å². The Balaban J connectivity index is 0.00000484. The van der Waals surface area contributed by atoms with Gasteiger partial charge in [-0.05, 0) is 45.1 Å². The van der Waals surface area contributed by atoms with Crippen LogP contribution < -0.4 is 27.6 Å². The van der Waals surface area contributed by atoms with E-state index < -0.39 is 30.1 Å². The summed E-state index contributed by atoms with van der Waals surface area (Å²) in [7, 11) is -0.0920. The second-order valence-corrected chi connectivity index (χ2v) is 12.6. The fraction of sp³-hybridized carbons (Fsp3) is 0.312. The van der Waals surface area contributed by atoms with Gasteiger partial charge in [-0.25, -0.2) is 9.59 Å². The summed E-state index contributed by atoms with van der Waals surface area (Å²) < 4.78 is 5.64. The van der Waals surface area contributed by atoms with Gasteiger partial charge in [0.05, 0.1) is 12.5 Å². The van der Waals surface area contributed by atoms with E-state index in [1.165, 1.54) is 0 Å². The molecule has 4 rings (SSSR count). The summed E-state index contributed by atoms with van der Waals surface area (Å²) in [4.78, 5) is 50.3. The van der Waals surface area contributed by atoms with Gasteiger partial charge in [0.15, 0.2) is 11.5 Å². The van der Waals surface area contributed by atoms with Crippen LogP contribution in [-0.2, 0) is 36.4 Å². The molecule has 3 aromatic carbocycles. The maximum absolute atomic E-state index is 13.3. The first-order valence-corrected chi connectivity index (χ1v) is 15.7. The van der Waals surface area contributed by atoms with Crippen molar-refractivity contribution in [3.63, 3.8) is 0 Å². The molecule has 1 aliphatic carbocycles. The van der Waals surface area contributed by atoms with E-state index in [0.717, 1.165) is 27.8 Å². The minimum Gasteiger partial charge on any atom is -1.00 e. The molecule has 0 spiro atoms. The van der Waals surface area contributed by atoms with Crippen molar-refractivity contribution in [1.82, 2.24) is 10.6 Å². The lowest BCUT2D eigenvalue weighted by atomic mass is 9.98. The Morgan fingerprint density at radius 2 is 1.40 bits per heavy atom. The molecule has 0 unspecified atom stereocenters. The van der Waals surface area contributed by atoms with Crippen LogP contribution in [-0.4, -0.2) is 65.8 Å². The summed E-state index contributed by atoms with van der Waals surface area (Å²) in [6, 6.07) is 22.8. The first-order chi connectivity index (χ1) is 19.7. The van der Waals surface area contributed by atoms with Crippen LogP contribution in [0.4, 0.5) is 4.79 Å². The number of carboxylic acids is 1. The summed E-state index contributed by atoms with van der Waals surface area (Å²) in [5.41, 5.74) is 5.12. The van der Waals surface area contributed by atoms with Gasteiger partial charge in [0, 0.05) is 18.8 Å². The normalized spacial score (nSPS) is 13.2. The molecule has 0 radical (unpaired) electrons. The molecule has 222 valence electrons. The van der Waals surface area contributed by atoms with Crippen molar-refractivity contribution >= 4 is 34.6 Å². The number of rotatable bonds is 13. The summed E-state index contributed by atoms with van der Waals surface area (Å²) in [5.74, 6) is -1.71. The summed E-state index contributed by atoms with van der Waals surface area (Å²) in [6.45, 7) is 0.0793. The zero-order chi connectivity index (χ0) is 29.4. The average Bonchev–Trinajstić information content (AvgIpc) is 3.27. The third-order valence-corrected chi connectivity index (χ3v) is 7.91. The Bertz CT molecular complexity index is 1360. The van der Waals surface area contributed by atoms with Gasteiger partial charge in [-0.3, -0.25) is 9.59 Å². The van der Waals surface area contributed by atoms with E-state index in [9.17, 15) is 24.3 Å². The van der Waals surface area contributed by atoms with Gasteiger partial charge in [0.1, 0.15) is 18.7 Å². The number of carbonyl (C=O) groups is 4. The highest BCUT2D eigenvalue weighted by Gasteiger charge is 2.31. The number of carboxylic acid groups (broad SMARTS) is 1. The van der Waals surface area contributed by atoms with Crippen LogP contribution in [0.15, 0.2) is 78.9 Å². The quantitative estimate of drug-likeness (QED) is 0.236. The summed E-state index contributed by atoms with van der Waals surface area (Å²) in [5, 5.41) is 14.9. The minimum absolute atomic E-state index is 0. The number of amides is 2. The maximum Gasteiger partial charge on any atom is 0.407 e. The lowest BCUT2D eigenvalue weighted by Gasteiger charge is -2.22. The fourth-order valence-corrected chi connectivity index (χ4v) is 5.86. The molecule has 0 saturated heterocycles. The fourth-order valence-electron chi connectivity index (χ4n) is 5.07. The molecule has 2 atom stereocenters. The van der Waals surface area contributed by atoms with Crippen LogP contribution in [0.3, 0.4) is 0 Å². The molecule has 8 nitrogen and oxygen atoms in total. The molecular weight excluding hydrogens is 620 g/mol. The molecule has 0 heterocycles. The number of ether oxygens (including phenoxy) is 1. The number of ketones is 1. The van der Waals surface area contributed by atoms with Crippen molar-refractivity contribution in [3.8, 4) is 11.1 Å². The van der Waals surface area contributed by atoms with Gasteiger partial charge in [-0.2, -0.15) is 0 Å². The molecule has 0 saturated carbocycles. The van der Waals surface area contributed by atoms with E-state index in [4.69, 9.17) is 4.74 Å². The predicted molar refractivity (Wildman–Crippen MR) is 160 cm³/mol.